The topological polar surface area (TPSA) is 109 Å². The predicted molar refractivity (Wildman–Crippen MR) is 122 cm³/mol. The van der Waals surface area contributed by atoms with E-state index in [1.807, 2.05) is 0 Å². The first-order valence-corrected chi connectivity index (χ1v) is 13.1. The second kappa shape index (κ2) is 8.44. The molecule has 1 aliphatic rings. The van der Waals surface area contributed by atoms with Crippen LogP contribution in [0.4, 0.5) is 5.69 Å². The van der Waals surface area contributed by atoms with Gasteiger partial charge in [-0.05, 0) is 55.3 Å². The van der Waals surface area contributed by atoms with Gasteiger partial charge in [-0.25, -0.2) is 8.42 Å². The van der Waals surface area contributed by atoms with Gasteiger partial charge in [-0.1, -0.05) is 30.3 Å². The van der Waals surface area contributed by atoms with Crippen LogP contribution < -0.4 is 4.72 Å². The van der Waals surface area contributed by atoms with Crippen LogP contribution in [-0.4, -0.2) is 32.7 Å². The van der Waals surface area contributed by atoms with Crippen molar-refractivity contribution in [2.45, 2.75) is 31.2 Å². The third kappa shape index (κ3) is 4.28. The molecular weight excluding hydrogens is 450 g/mol. The molecule has 0 saturated heterocycles. The summed E-state index contributed by atoms with van der Waals surface area (Å²) in [5.41, 5.74) is 2.32. The normalized spacial score (nSPS) is 16.8. The molecule has 32 heavy (non-hydrogen) atoms. The van der Waals surface area contributed by atoms with Crippen LogP contribution >= 0.6 is 0 Å². The smallest absolute Gasteiger partial charge is 0.279 e. The maximum atomic E-state index is 13.5. The number of nitrogens with zero attached hydrogens (tertiary/aromatic N) is 2. The van der Waals surface area contributed by atoms with E-state index >= 15 is 0 Å². The van der Waals surface area contributed by atoms with E-state index in [9.17, 15) is 16.8 Å². The molecule has 0 saturated carbocycles. The third-order valence-corrected chi connectivity index (χ3v) is 8.38. The highest BCUT2D eigenvalue weighted by atomic mass is 32.2. The molecule has 0 radical (unpaired) electrons. The molecule has 2 heterocycles. The lowest BCUT2D eigenvalue weighted by molar-refractivity contribution is 0.320. The van der Waals surface area contributed by atoms with Crippen molar-refractivity contribution in [1.29, 1.82) is 0 Å². The summed E-state index contributed by atoms with van der Waals surface area (Å²) in [6.45, 7) is 3.30. The van der Waals surface area contributed by atoms with Crippen molar-refractivity contribution in [3.63, 3.8) is 0 Å². The molecule has 0 spiro atoms. The van der Waals surface area contributed by atoms with Crippen LogP contribution in [0.15, 0.2) is 81.3 Å². The number of rotatable bonds is 7. The fourth-order valence-corrected chi connectivity index (χ4v) is 5.79. The molecule has 168 valence electrons. The predicted octanol–water partition coefficient (Wildman–Crippen LogP) is 3.89. The molecule has 1 aromatic heterocycles. The highest BCUT2D eigenvalue weighted by Gasteiger charge is 2.39. The zero-order valence-corrected chi connectivity index (χ0v) is 19.2. The number of furan rings is 1. The van der Waals surface area contributed by atoms with Gasteiger partial charge in [0, 0.05) is 12.1 Å². The standard InChI is InChI=1S/C22H23N3O5S2/c1-3-31(26,27)24-18-12-10-17(11-13-18)19-15-20(21-8-6-14-30-21)25(23-19)32(28,29)22-9-5-4-7-16(22)2/h4-14,20,24H,3,15H2,1-2H3/t20-/m0/s1. The number of benzene rings is 2. The minimum absolute atomic E-state index is 0.0298. The van der Waals surface area contributed by atoms with Gasteiger partial charge in [0.1, 0.15) is 11.8 Å². The van der Waals surface area contributed by atoms with Crippen LogP contribution in [0.2, 0.25) is 0 Å². The molecule has 0 bridgehead atoms. The number of sulfonamides is 2. The van der Waals surface area contributed by atoms with Gasteiger partial charge in [0.2, 0.25) is 10.0 Å². The van der Waals surface area contributed by atoms with E-state index in [0.717, 1.165) is 4.41 Å². The van der Waals surface area contributed by atoms with E-state index < -0.39 is 26.1 Å². The first kappa shape index (κ1) is 22.1. The van der Waals surface area contributed by atoms with Crippen molar-refractivity contribution in [1.82, 2.24) is 4.41 Å². The second-order valence-electron chi connectivity index (χ2n) is 7.41. The first-order chi connectivity index (χ1) is 15.2. The summed E-state index contributed by atoms with van der Waals surface area (Å²) in [5.74, 6) is 0.464. The molecule has 4 rings (SSSR count). The summed E-state index contributed by atoms with van der Waals surface area (Å²) >= 11 is 0. The van der Waals surface area contributed by atoms with Crippen molar-refractivity contribution < 1.29 is 21.3 Å². The minimum Gasteiger partial charge on any atom is -0.467 e. The monoisotopic (exact) mass is 473 g/mol. The molecule has 0 fully saturated rings. The Hall–Kier alpha value is -3.11. The van der Waals surface area contributed by atoms with Gasteiger partial charge in [-0.15, -0.1) is 0 Å². The Bertz CT molecular complexity index is 1350. The number of hydrogen-bond acceptors (Lipinski definition) is 6. The number of aryl methyl sites for hydroxylation is 1. The van der Waals surface area contributed by atoms with Crippen molar-refractivity contribution in [2.75, 3.05) is 10.5 Å². The first-order valence-electron chi connectivity index (χ1n) is 10.0. The Morgan fingerprint density at radius 3 is 2.38 bits per heavy atom. The molecule has 8 nitrogen and oxygen atoms in total. The van der Waals surface area contributed by atoms with Crippen LogP contribution in [0.25, 0.3) is 0 Å². The van der Waals surface area contributed by atoms with Crippen LogP contribution in [0.3, 0.4) is 0 Å². The molecule has 3 aromatic rings. The molecule has 0 aliphatic carbocycles. The zero-order chi connectivity index (χ0) is 22.9. The average Bonchev–Trinajstić information content (AvgIpc) is 3.44. The highest BCUT2D eigenvalue weighted by molar-refractivity contribution is 7.92. The number of hydrogen-bond donors (Lipinski definition) is 1. The Morgan fingerprint density at radius 1 is 1.03 bits per heavy atom. The minimum atomic E-state index is -3.93. The SMILES string of the molecule is CCS(=O)(=O)Nc1ccc(C2=NN(S(=O)(=O)c3ccccc3C)[C@H](c3ccco3)C2)cc1. The maximum Gasteiger partial charge on any atom is 0.279 e. The quantitative estimate of drug-likeness (QED) is 0.560. The lowest BCUT2D eigenvalue weighted by Gasteiger charge is -2.22. The highest BCUT2D eigenvalue weighted by Crippen LogP contribution is 2.38. The van der Waals surface area contributed by atoms with Gasteiger partial charge in [0.05, 0.1) is 22.6 Å². The van der Waals surface area contributed by atoms with Gasteiger partial charge in [0.25, 0.3) is 10.0 Å². The number of nitrogens with one attached hydrogen (secondary N) is 1. The number of anilines is 1. The molecule has 0 unspecified atom stereocenters. The van der Waals surface area contributed by atoms with E-state index in [0.29, 0.717) is 34.7 Å². The molecule has 1 aliphatic heterocycles. The average molecular weight is 474 g/mol. The third-order valence-electron chi connectivity index (χ3n) is 5.23. The van der Waals surface area contributed by atoms with Crippen molar-refractivity contribution >= 4 is 31.4 Å². The largest absolute Gasteiger partial charge is 0.467 e. The Labute approximate surface area is 187 Å². The van der Waals surface area contributed by atoms with Crippen molar-refractivity contribution in [3.05, 3.63) is 83.8 Å². The van der Waals surface area contributed by atoms with Crippen molar-refractivity contribution in [2.24, 2.45) is 5.10 Å². The number of hydrazone groups is 1. The van der Waals surface area contributed by atoms with Gasteiger partial charge in [0.15, 0.2) is 0 Å². The molecule has 0 amide bonds. The Kier molecular flexibility index (Phi) is 5.83. The van der Waals surface area contributed by atoms with Crippen LogP contribution in [-0.2, 0) is 20.0 Å². The molecule has 1 N–H and O–H groups in total. The summed E-state index contributed by atoms with van der Waals surface area (Å²) in [6.07, 6.45) is 1.82. The van der Waals surface area contributed by atoms with Gasteiger partial charge in [-0.3, -0.25) is 4.72 Å². The van der Waals surface area contributed by atoms with E-state index in [1.165, 1.54) is 6.26 Å². The molecule has 10 heteroatoms. The summed E-state index contributed by atoms with van der Waals surface area (Å²) < 4.78 is 59.6. The summed E-state index contributed by atoms with van der Waals surface area (Å²) in [4.78, 5) is 0.186. The summed E-state index contributed by atoms with van der Waals surface area (Å²) in [7, 11) is -7.31. The van der Waals surface area contributed by atoms with E-state index in [1.54, 1.807) is 74.5 Å². The zero-order valence-electron chi connectivity index (χ0n) is 17.6. The van der Waals surface area contributed by atoms with Gasteiger partial charge >= 0.3 is 0 Å². The Morgan fingerprint density at radius 2 is 1.75 bits per heavy atom. The molecular formula is C22H23N3O5S2. The fraction of sp³-hybridized carbons (Fsp3) is 0.227. The van der Waals surface area contributed by atoms with E-state index in [-0.39, 0.29) is 10.6 Å². The lowest BCUT2D eigenvalue weighted by Crippen LogP contribution is -2.27. The summed E-state index contributed by atoms with van der Waals surface area (Å²) in [6, 6.07) is 16.3. The van der Waals surface area contributed by atoms with Crippen LogP contribution in [0, 0.1) is 6.92 Å². The van der Waals surface area contributed by atoms with Crippen LogP contribution in [0.5, 0.6) is 0 Å². The van der Waals surface area contributed by atoms with Crippen LogP contribution in [0.1, 0.15) is 36.3 Å². The fourth-order valence-electron chi connectivity index (χ4n) is 3.51. The van der Waals surface area contributed by atoms with E-state index in [4.69, 9.17) is 4.42 Å². The molecule has 1 atom stereocenters. The summed E-state index contributed by atoms with van der Waals surface area (Å²) in [5, 5.41) is 4.47. The van der Waals surface area contributed by atoms with E-state index in [2.05, 4.69) is 9.82 Å². The van der Waals surface area contributed by atoms with Gasteiger partial charge < -0.3 is 4.42 Å². The Balaban J connectivity index is 1.71. The lowest BCUT2D eigenvalue weighted by atomic mass is 10.0. The maximum absolute atomic E-state index is 13.5. The molecule has 2 aromatic carbocycles. The van der Waals surface area contributed by atoms with Gasteiger partial charge in [-0.2, -0.15) is 17.9 Å². The second-order valence-corrected chi connectivity index (χ2v) is 11.2. The van der Waals surface area contributed by atoms with Crippen molar-refractivity contribution in [3.8, 4) is 0 Å².